The molecule has 2 aliphatic rings. The van der Waals surface area contributed by atoms with Gasteiger partial charge in [-0.25, -0.2) is 4.79 Å². The predicted octanol–water partition coefficient (Wildman–Crippen LogP) is 2.34. The summed E-state index contributed by atoms with van der Waals surface area (Å²) in [4.78, 5) is 28.4. The molecule has 1 saturated carbocycles. The van der Waals surface area contributed by atoms with Crippen LogP contribution in [0.15, 0.2) is 30.3 Å². The molecule has 0 unspecified atom stereocenters. The zero-order chi connectivity index (χ0) is 16.4. The number of carbonyl (C=O) groups excluding carboxylic acids is 2. The third kappa shape index (κ3) is 3.66. The minimum absolute atomic E-state index is 0.0246. The van der Waals surface area contributed by atoms with Crippen molar-refractivity contribution in [3.63, 3.8) is 0 Å². The van der Waals surface area contributed by atoms with Gasteiger partial charge in [0, 0.05) is 37.8 Å². The molecule has 1 aliphatic carbocycles. The van der Waals surface area contributed by atoms with Crippen molar-refractivity contribution in [2.24, 2.45) is 5.92 Å². The van der Waals surface area contributed by atoms with E-state index in [2.05, 4.69) is 12.2 Å². The van der Waals surface area contributed by atoms with Crippen LogP contribution >= 0.6 is 0 Å². The minimum atomic E-state index is -0.0246. The van der Waals surface area contributed by atoms with Crippen molar-refractivity contribution in [1.82, 2.24) is 15.1 Å². The lowest BCUT2D eigenvalue weighted by Gasteiger charge is -2.27. The highest BCUT2D eigenvalue weighted by Gasteiger charge is 2.34. The Hall–Kier alpha value is -2.04. The van der Waals surface area contributed by atoms with Gasteiger partial charge in [0.05, 0.1) is 0 Å². The lowest BCUT2D eigenvalue weighted by Crippen LogP contribution is -2.48. The second kappa shape index (κ2) is 6.60. The lowest BCUT2D eigenvalue weighted by molar-refractivity contribution is 0.0788. The van der Waals surface area contributed by atoms with Gasteiger partial charge in [0.1, 0.15) is 0 Å². The van der Waals surface area contributed by atoms with E-state index < -0.39 is 0 Å². The summed E-state index contributed by atoms with van der Waals surface area (Å²) >= 11 is 0. The predicted molar refractivity (Wildman–Crippen MR) is 89.2 cm³/mol. The molecule has 0 spiro atoms. The van der Waals surface area contributed by atoms with Gasteiger partial charge in [-0.15, -0.1) is 0 Å². The van der Waals surface area contributed by atoms with Crippen LogP contribution in [0.3, 0.4) is 0 Å². The van der Waals surface area contributed by atoms with Crippen molar-refractivity contribution in [2.45, 2.75) is 38.3 Å². The van der Waals surface area contributed by atoms with E-state index in [0.717, 1.165) is 6.42 Å². The van der Waals surface area contributed by atoms with Gasteiger partial charge in [0.2, 0.25) is 0 Å². The maximum absolute atomic E-state index is 12.4. The normalized spacial score (nSPS) is 21.8. The van der Waals surface area contributed by atoms with E-state index in [1.54, 1.807) is 4.90 Å². The average Bonchev–Trinajstić information content (AvgIpc) is 3.33. The molecule has 0 radical (unpaired) electrons. The highest BCUT2D eigenvalue weighted by atomic mass is 16.2. The van der Waals surface area contributed by atoms with Gasteiger partial charge in [-0.3, -0.25) is 4.79 Å². The van der Waals surface area contributed by atoms with Crippen LogP contribution in [-0.4, -0.2) is 54.0 Å². The maximum atomic E-state index is 12.4. The quantitative estimate of drug-likeness (QED) is 0.927. The molecule has 1 heterocycles. The van der Waals surface area contributed by atoms with Gasteiger partial charge < -0.3 is 15.1 Å². The molecule has 5 heteroatoms. The van der Waals surface area contributed by atoms with Gasteiger partial charge in [-0.2, -0.15) is 0 Å². The summed E-state index contributed by atoms with van der Waals surface area (Å²) in [6.45, 7) is 3.39. The average molecular weight is 315 g/mol. The smallest absolute Gasteiger partial charge is 0.317 e. The summed E-state index contributed by atoms with van der Waals surface area (Å²) in [5, 5.41) is 3.07. The third-order valence-corrected chi connectivity index (χ3v) is 5.06. The molecule has 1 N–H and O–H groups in total. The number of rotatable bonds is 4. The number of urea groups is 1. The molecule has 1 aliphatic heterocycles. The molecule has 0 aromatic heterocycles. The third-order valence-electron chi connectivity index (χ3n) is 5.06. The fraction of sp³-hybridized carbons (Fsp3) is 0.556. The SMILES string of the molecule is C[C@@H](C1CC1)N(C)C(=O)N[C@@H]1CCN(C(=O)c2ccccc2)C1. The van der Waals surface area contributed by atoms with E-state index >= 15 is 0 Å². The number of hydrogen-bond donors (Lipinski definition) is 1. The highest BCUT2D eigenvalue weighted by Crippen LogP contribution is 2.34. The number of hydrogen-bond acceptors (Lipinski definition) is 2. The van der Waals surface area contributed by atoms with Crippen LogP contribution in [0, 0.1) is 5.92 Å². The molecule has 1 saturated heterocycles. The molecular weight excluding hydrogens is 290 g/mol. The van der Waals surface area contributed by atoms with Crippen LogP contribution in [0.2, 0.25) is 0 Å². The molecular formula is C18H25N3O2. The van der Waals surface area contributed by atoms with Crippen molar-refractivity contribution in [1.29, 1.82) is 0 Å². The summed E-state index contributed by atoms with van der Waals surface area (Å²) in [6, 6.07) is 9.62. The highest BCUT2D eigenvalue weighted by molar-refractivity contribution is 5.94. The molecule has 1 aromatic carbocycles. The Balaban J connectivity index is 1.51. The van der Waals surface area contributed by atoms with Crippen LogP contribution in [0.5, 0.6) is 0 Å². The van der Waals surface area contributed by atoms with E-state index in [1.807, 2.05) is 42.3 Å². The van der Waals surface area contributed by atoms with Crippen LogP contribution < -0.4 is 5.32 Å². The van der Waals surface area contributed by atoms with E-state index in [-0.39, 0.29) is 18.0 Å². The van der Waals surface area contributed by atoms with Crippen molar-refractivity contribution in [2.75, 3.05) is 20.1 Å². The minimum Gasteiger partial charge on any atom is -0.337 e. The van der Waals surface area contributed by atoms with Crippen LogP contribution in [-0.2, 0) is 0 Å². The topological polar surface area (TPSA) is 52.7 Å². The van der Waals surface area contributed by atoms with Crippen molar-refractivity contribution < 1.29 is 9.59 Å². The lowest BCUT2D eigenvalue weighted by atomic mass is 10.2. The number of nitrogens with one attached hydrogen (secondary N) is 1. The first kappa shape index (κ1) is 15.8. The zero-order valence-electron chi connectivity index (χ0n) is 13.9. The Labute approximate surface area is 137 Å². The monoisotopic (exact) mass is 315 g/mol. The first-order valence-corrected chi connectivity index (χ1v) is 8.44. The number of nitrogens with zero attached hydrogens (tertiary/aromatic N) is 2. The number of amides is 3. The molecule has 3 amide bonds. The molecule has 124 valence electrons. The Kier molecular flexibility index (Phi) is 4.55. The zero-order valence-corrected chi connectivity index (χ0v) is 13.9. The van der Waals surface area contributed by atoms with Crippen molar-refractivity contribution in [3.8, 4) is 0 Å². The molecule has 1 aromatic rings. The summed E-state index contributed by atoms with van der Waals surface area (Å²) in [5.41, 5.74) is 0.707. The van der Waals surface area contributed by atoms with E-state index in [1.165, 1.54) is 12.8 Å². The number of carbonyl (C=O) groups is 2. The number of likely N-dealkylation sites (tertiary alicyclic amines) is 1. The van der Waals surface area contributed by atoms with Gasteiger partial charge >= 0.3 is 6.03 Å². The second-order valence-electron chi connectivity index (χ2n) is 6.74. The second-order valence-corrected chi connectivity index (χ2v) is 6.74. The molecule has 3 rings (SSSR count). The van der Waals surface area contributed by atoms with Gasteiger partial charge in [0.15, 0.2) is 0 Å². The molecule has 2 atom stereocenters. The van der Waals surface area contributed by atoms with Crippen LogP contribution in [0.4, 0.5) is 4.79 Å². The van der Waals surface area contributed by atoms with Gasteiger partial charge in [-0.05, 0) is 44.2 Å². The Morgan fingerprint density at radius 1 is 1.22 bits per heavy atom. The first-order valence-electron chi connectivity index (χ1n) is 8.44. The Morgan fingerprint density at radius 2 is 1.91 bits per heavy atom. The summed E-state index contributed by atoms with van der Waals surface area (Å²) in [7, 11) is 1.86. The first-order chi connectivity index (χ1) is 11.1. The van der Waals surface area contributed by atoms with Gasteiger partial charge in [0.25, 0.3) is 5.91 Å². The molecule has 23 heavy (non-hydrogen) atoms. The summed E-state index contributed by atoms with van der Waals surface area (Å²) < 4.78 is 0. The number of benzene rings is 1. The van der Waals surface area contributed by atoms with E-state index in [4.69, 9.17) is 0 Å². The standard InChI is InChI=1S/C18H25N3O2/c1-13(14-8-9-14)20(2)18(23)19-16-10-11-21(12-16)17(22)15-6-4-3-5-7-15/h3-7,13-14,16H,8-12H2,1-2H3,(H,19,23)/t13-,16+/m0/s1. The fourth-order valence-electron chi connectivity index (χ4n) is 3.18. The van der Waals surface area contributed by atoms with Crippen LogP contribution in [0.25, 0.3) is 0 Å². The maximum Gasteiger partial charge on any atom is 0.317 e. The van der Waals surface area contributed by atoms with E-state index in [0.29, 0.717) is 30.6 Å². The summed E-state index contributed by atoms with van der Waals surface area (Å²) in [5.74, 6) is 0.701. The van der Waals surface area contributed by atoms with Crippen molar-refractivity contribution >= 4 is 11.9 Å². The largest absolute Gasteiger partial charge is 0.337 e. The Bertz CT molecular complexity index is 571. The van der Waals surface area contributed by atoms with E-state index in [9.17, 15) is 9.59 Å². The fourth-order valence-corrected chi connectivity index (χ4v) is 3.18. The molecule has 0 bridgehead atoms. The van der Waals surface area contributed by atoms with Crippen LogP contribution in [0.1, 0.15) is 36.5 Å². The molecule has 2 fully saturated rings. The van der Waals surface area contributed by atoms with Crippen molar-refractivity contribution in [3.05, 3.63) is 35.9 Å². The summed E-state index contributed by atoms with van der Waals surface area (Å²) in [6.07, 6.45) is 3.26. The van der Waals surface area contributed by atoms with Gasteiger partial charge in [-0.1, -0.05) is 18.2 Å². The molecule has 5 nitrogen and oxygen atoms in total. The Morgan fingerprint density at radius 3 is 2.57 bits per heavy atom.